The molecule has 7 nitrogen and oxygen atoms in total. The van der Waals surface area contributed by atoms with Crippen LogP contribution in [0.15, 0.2) is 83.8 Å². The van der Waals surface area contributed by atoms with E-state index in [1.54, 1.807) is 25.1 Å². The monoisotopic (exact) mass is 573 g/mol. The number of amides is 2. The van der Waals surface area contributed by atoms with Gasteiger partial charge in [-0.15, -0.1) is 0 Å². The second-order valence-corrected chi connectivity index (χ2v) is 11.8. The van der Waals surface area contributed by atoms with E-state index in [0.717, 1.165) is 22.0 Å². The smallest absolute Gasteiger partial charge is 0.264 e. The number of nitrogens with one attached hydrogen (secondary N) is 1. The van der Waals surface area contributed by atoms with Crippen LogP contribution in [-0.2, 0) is 26.0 Å². The van der Waals surface area contributed by atoms with Crippen molar-refractivity contribution in [2.45, 2.75) is 38.1 Å². The van der Waals surface area contributed by atoms with Crippen LogP contribution in [0.1, 0.15) is 26.3 Å². The van der Waals surface area contributed by atoms with Gasteiger partial charge in [0.2, 0.25) is 11.8 Å². The van der Waals surface area contributed by atoms with Gasteiger partial charge in [0.05, 0.1) is 15.6 Å². The van der Waals surface area contributed by atoms with Gasteiger partial charge in [-0.2, -0.15) is 0 Å². The predicted octanol–water partition coefficient (Wildman–Crippen LogP) is 4.91. The molecule has 0 aliphatic rings. The predicted molar refractivity (Wildman–Crippen MR) is 152 cm³/mol. The van der Waals surface area contributed by atoms with Crippen molar-refractivity contribution in [3.8, 4) is 0 Å². The summed E-state index contributed by atoms with van der Waals surface area (Å²) in [5, 5.41) is 2.56. The maximum atomic E-state index is 13.9. The molecule has 0 bridgehead atoms. The van der Waals surface area contributed by atoms with Gasteiger partial charge in [-0.25, -0.2) is 12.8 Å². The fourth-order valence-electron chi connectivity index (χ4n) is 3.91. The number of carbonyl (C=O) groups excluding carboxylic acids is 2. The summed E-state index contributed by atoms with van der Waals surface area (Å²) in [6.45, 7) is 5.54. The fraction of sp³-hybridized carbons (Fsp3) is 0.310. The van der Waals surface area contributed by atoms with Crippen molar-refractivity contribution >= 4 is 39.1 Å². The van der Waals surface area contributed by atoms with E-state index in [2.05, 4.69) is 5.32 Å². The van der Waals surface area contributed by atoms with Crippen LogP contribution >= 0.6 is 11.6 Å². The zero-order valence-electron chi connectivity index (χ0n) is 22.2. The maximum absolute atomic E-state index is 13.9. The summed E-state index contributed by atoms with van der Waals surface area (Å²) in [7, 11) is -4.24. The number of hydrogen-bond acceptors (Lipinski definition) is 4. The molecule has 0 heterocycles. The Kier molecular flexibility index (Phi) is 10.5. The van der Waals surface area contributed by atoms with Gasteiger partial charge in [0, 0.05) is 13.1 Å². The van der Waals surface area contributed by atoms with E-state index >= 15 is 0 Å². The molecule has 3 aromatic rings. The third-order valence-corrected chi connectivity index (χ3v) is 8.22. The molecule has 0 radical (unpaired) electrons. The number of hydrogen-bond donors (Lipinski definition) is 1. The molecule has 2 amide bonds. The van der Waals surface area contributed by atoms with Crippen LogP contribution in [0.2, 0.25) is 5.02 Å². The molecule has 3 aromatic carbocycles. The van der Waals surface area contributed by atoms with Crippen LogP contribution in [0.25, 0.3) is 0 Å². The first-order valence-electron chi connectivity index (χ1n) is 12.6. The first-order chi connectivity index (χ1) is 18.5. The Labute approximate surface area is 234 Å². The third-order valence-electron chi connectivity index (χ3n) is 6.14. The van der Waals surface area contributed by atoms with E-state index in [9.17, 15) is 22.4 Å². The summed E-state index contributed by atoms with van der Waals surface area (Å²) in [5.74, 6) is -1.43. The summed E-state index contributed by atoms with van der Waals surface area (Å²) in [6, 6.07) is 19.7. The fourth-order valence-corrected chi connectivity index (χ4v) is 5.51. The average molecular weight is 574 g/mol. The van der Waals surface area contributed by atoms with E-state index in [-0.39, 0.29) is 34.0 Å². The SMILES string of the molecule is CC(C)CNC(=O)[C@H](C)N(CCc1ccccc1)C(=O)CN(c1ccc(F)c(Cl)c1)S(=O)(=O)c1ccccc1. The lowest BCUT2D eigenvalue weighted by Crippen LogP contribution is -2.52. The Balaban J connectivity index is 1.97. The minimum atomic E-state index is -4.24. The highest BCUT2D eigenvalue weighted by Crippen LogP contribution is 2.28. The van der Waals surface area contributed by atoms with Crippen molar-refractivity contribution in [3.63, 3.8) is 0 Å². The molecule has 0 saturated carbocycles. The topological polar surface area (TPSA) is 86.8 Å². The number of carbonyl (C=O) groups is 2. The molecule has 0 saturated heterocycles. The molecular weight excluding hydrogens is 541 g/mol. The zero-order chi connectivity index (χ0) is 28.6. The number of sulfonamides is 1. The Bertz CT molecular complexity index is 1370. The van der Waals surface area contributed by atoms with Gasteiger partial charge < -0.3 is 10.2 Å². The number of nitrogens with zero attached hydrogens (tertiary/aromatic N) is 2. The van der Waals surface area contributed by atoms with E-state index in [1.807, 2.05) is 44.2 Å². The largest absolute Gasteiger partial charge is 0.354 e. The van der Waals surface area contributed by atoms with Gasteiger partial charge >= 0.3 is 0 Å². The molecule has 39 heavy (non-hydrogen) atoms. The highest BCUT2D eigenvalue weighted by molar-refractivity contribution is 7.92. The summed E-state index contributed by atoms with van der Waals surface area (Å²) in [6.07, 6.45) is 0.461. The molecule has 0 spiro atoms. The second kappa shape index (κ2) is 13.6. The molecule has 0 aliphatic heterocycles. The maximum Gasteiger partial charge on any atom is 0.264 e. The van der Waals surface area contributed by atoms with Crippen molar-refractivity contribution in [2.75, 3.05) is 23.9 Å². The average Bonchev–Trinajstić information content (AvgIpc) is 2.92. The first kappa shape index (κ1) is 30.1. The van der Waals surface area contributed by atoms with Crippen molar-refractivity contribution in [1.29, 1.82) is 0 Å². The van der Waals surface area contributed by atoms with Crippen LogP contribution in [0, 0.1) is 11.7 Å². The molecule has 1 N–H and O–H groups in total. The Morgan fingerprint density at radius 2 is 1.56 bits per heavy atom. The Hall–Kier alpha value is -3.43. The van der Waals surface area contributed by atoms with Gasteiger partial charge in [-0.05, 0) is 55.2 Å². The number of rotatable bonds is 12. The Morgan fingerprint density at radius 3 is 2.15 bits per heavy atom. The lowest BCUT2D eigenvalue weighted by molar-refractivity contribution is -0.138. The van der Waals surface area contributed by atoms with E-state index in [0.29, 0.717) is 13.0 Å². The van der Waals surface area contributed by atoms with Gasteiger partial charge in [0.15, 0.2) is 0 Å². The zero-order valence-corrected chi connectivity index (χ0v) is 23.8. The summed E-state index contributed by atoms with van der Waals surface area (Å²) in [4.78, 5) is 28.1. The molecular formula is C29H33ClFN3O4S. The number of benzene rings is 3. The molecule has 0 aliphatic carbocycles. The van der Waals surface area contributed by atoms with Crippen LogP contribution in [-0.4, -0.2) is 50.8 Å². The van der Waals surface area contributed by atoms with Crippen LogP contribution in [0.5, 0.6) is 0 Å². The van der Waals surface area contributed by atoms with Crippen molar-refractivity contribution < 1.29 is 22.4 Å². The van der Waals surface area contributed by atoms with Gasteiger partial charge in [-0.1, -0.05) is 74.0 Å². The van der Waals surface area contributed by atoms with E-state index in [4.69, 9.17) is 11.6 Å². The van der Waals surface area contributed by atoms with Crippen LogP contribution < -0.4 is 9.62 Å². The third kappa shape index (κ3) is 8.03. The van der Waals surface area contributed by atoms with Gasteiger partial charge in [0.1, 0.15) is 18.4 Å². The quantitative estimate of drug-likeness (QED) is 0.334. The molecule has 0 fully saturated rings. The Morgan fingerprint density at radius 1 is 0.949 bits per heavy atom. The number of anilines is 1. The molecule has 3 rings (SSSR count). The molecule has 0 aromatic heterocycles. The van der Waals surface area contributed by atoms with Crippen molar-refractivity contribution in [1.82, 2.24) is 10.2 Å². The molecule has 1 atom stereocenters. The lowest BCUT2D eigenvalue weighted by Gasteiger charge is -2.32. The minimum absolute atomic E-state index is 0.0264. The first-order valence-corrected chi connectivity index (χ1v) is 14.5. The molecule has 0 unspecified atom stereocenters. The minimum Gasteiger partial charge on any atom is -0.354 e. The summed E-state index contributed by atoms with van der Waals surface area (Å²) < 4.78 is 42.2. The number of halogens is 2. The summed E-state index contributed by atoms with van der Waals surface area (Å²) >= 11 is 5.98. The van der Waals surface area contributed by atoms with Crippen LogP contribution in [0.4, 0.5) is 10.1 Å². The van der Waals surface area contributed by atoms with E-state index in [1.165, 1.54) is 23.1 Å². The van der Waals surface area contributed by atoms with Gasteiger partial charge in [-0.3, -0.25) is 13.9 Å². The van der Waals surface area contributed by atoms with E-state index < -0.39 is 34.3 Å². The normalized spacial score (nSPS) is 12.2. The molecule has 10 heteroatoms. The second-order valence-electron chi connectivity index (χ2n) is 9.56. The van der Waals surface area contributed by atoms with Crippen molar-refractivity contribution in [2.24, 2.45) is 5.92 Å². The van der Waals surface area contributed by atoms with Gasteiger partial charge in [0.25, 0.3) is 10.0 Å². The van der Waals surface area contributed by atoms with Crippen molar-refractivity contribution in [3.05, 3.63) is 95.3 Å². The highest BCUT2D eigenvalue weighted by atomic mass is 35.5. The summed E-state index contributed by atoms with van der Waals surface area (Å²) in [5.41, 5.74) is 0.989. The standard InChI is InChI=1S/C29H33ClFN3O4S/c1-21(2)19-32-29(36)22(3)33(17-16-23-10-6-4-7-11-23)28(35)20-34(24-14-15-27(31)26(30)18-24)39(37,38)25-12-8-5-9-13-25/h4-15,18,21-22H,16-17,19-20H2,1-3H3,(H,32,36)/t22-/m0/s1. The lowest BCUT2D eigenvalue weighted by atomic mass is 10.1. The molecule has 208 valence electrons. The highest BCUT2D eigenvalue weighted by Gasteiger charge is 2.32. The van der Waals surface area contributed by atoms with Crippen LogP contribution in [0.3, 0.4) is 0 Å².